The Bertz CT molecular complexity index is 352. The molecule has 1 rings (SSSR count). The zero-order valence-electron chi connectivity index (χ0n) is 12.5. The van der Waals surface area contributed by atoms with Crippen LogP contribution >= 0.6 is 0 Å². The first-order valence-electron chi connectivity index (χ1n) is 6.77. The molecule has 0 heterocycles. The highest BCUT2D eigenvalue weighted by atomic mass is 28.4. The second kappa shape index (κ2) is 5.62. The van der Waals surface area contributed by atoms with Crippen LogP contribution in [-0.2, 0) is 9.32 Å². The minimum atomic E-state index is -2.17. The monoisotopic (exact) mass is 287 g/mol. The van der Waals surface area contributed by atoms with Crippen LogP contribution in [0.5, 0.6) is 0 Å². The van der Waals surface area contributed by atoms with Crippen LogP contribution in [0, 0.1) is 0 Å². The summed E-state index contributed by atoms with van der Waals surface area (Å²) >= 11 is 0. The third kappa shape index (κ3) is 4.04. The molecule has 6 heteroatoms. The molecule has 0 aromatic rings. The number of rotatable bonds is 3. The van der Waals surface area contributed by atoms with Crippen LogP contribution in [-0.4, -0.2) is 36.4 Å². The molecule has 5 nitrogen and oxygen atoms in total. The van der Waals surface area contributed by atoms with Gasteiger partial charge in [-0.25, -0.2) is 4.79 Å². The Morgan fingerprint density at radius 3 is 2.16 bits per heavy atom. The van der Waals surface area contributed by atoms with Crippen LogP contribution in [0.1, 0.15) is 46.5 Å². The minimum absolute atomic E-state index is 0.0504. The molecule has 0 radical (unpaired) electrons. The minimum Gasteiger partial charge on any atom is -0.463 e. The number of carbonyl (C=O) groups is 2. The molecule has 1 N–H and O–H groups in total. The van der Waals surface area contributed by atoms with Gasteiger partial charge in [0.1, 0.15) is 5.78 Å². The van der Waals surface area contributed by atoms with Crippen molar-refractivity contribution in [2.45, 2.75) is 70.6 Å². The summed E-state index contributed by atoms with van der Waals surface area (Å²) in [5, 5.41) is 10.4. The number of amides is 1. The third-order valence-electron chi connectivity index (χ3n) is 4.17. The molecule has 0 saturated heterocycles. The van der Waals surface area contributed by atoms with Crippen molar-refractivity contribution < 1.29 is 19.2 Å². The smallest absolute Gasteiger partial charge is 0.430 e. The maximum Gasteiger partial charge on any atom is 0.430 e. The fourth-order valence-electron chi connectivity index (χ4n) is 1.81. The van der Waals surface area contributed by atoms with E-state index in [0.29, 0.717) is 25.7 Å². The number of hydrogen-bond acceptors (Lipinski definition) is 3. The lowest BCUT2D eigenvalue weighted by molar-refractivity contribution is -0.126. The fourth-order valence-corrected chi connectivity index (χ4v) is 2.80. The first-order chi connectivity index (χ1) is 8.54. The van der Waals surface area contributed by atoms with Gasteiger partial charge in [0.2, 0.25) is 8.32 Å². The van der Waals surface area contributed by atoms with Crippen LogP contribution in [0.25, 0.3) is 0 Å². The van der Waals surface area contributed by atoms with Gasteiger partial charge in [0.15, 0.2) is 0 Å². The second-order valence-corrected chi connectivity index (χ2v) is 11.4. The predicted octanol–water partition coefficient (Wildman–Crippen LogP) is 3.41. The van der Waals surface area contributed by atoms with E-state index in [-0.39, 0.29) is 16.9 Å². The van der Waals surface area contributed by atoms with E-state index in [0.717, 1.165) is 5.06 Å². The highest BCUT2D eigenvalue weighted by molar-refractivity contribution is 6.74. The average molecular weight is 287 g/mol. The Kier molecular flexibility index (Phi) is 4.79. The van der Waals surface area contributed by atoms with Crippen LogP contribution in [0.4, 0.5) is 4.79 Å². The van der Waals surface area contributed by atoms with Gasteiger partial charge in [-0.2, -0.15) is 5.06 Å². The van der Waals surface area contributed by atoms with Crippen LogP contribution in [0.2, 0.25) is 18.1 Å². The summed E-state index contributed by atoms with van der Waals surface area (Å²) in [5.41, 5.74) is 0. The molecule has 0 aromatic heterocycles. The molecule has 1 fully saturated rings. The van der Waals surface area contributed by atoms with Crippen molar-refractivity contribution in [3.8, 4) is 0 Å². The molecule has 0 atom stereocenters. The molecule has 0 aromatic carbocycles. The second-order valence-electron chi connectivity index (χ2n) is 6.73. The number of nitrogens with zero attached hydrogens (tertiary/aromatic N) is 1. The van der Waals surface area contributed by atoms with E-state index in [1.807, 2.05) is 13.1 Å². The maximum atomic E-state index is 11.4. The van der Waals surface area contributed by atoms with Gasteiger partial charge in [0.25, 0.3) is 0 Å². The molecule has 110 valence electrons. The number of Topliss-reactive ketones (excluding diaryl/α,β-unsaturated/α-hetero) is 1. The molecular weight excluding hydrogens is 262 g/mol. The summed E-state index contributed by atoms with van der Waals surface area (Å²) in [6, 6.07) is -0.190. The summed E-state index contributed by atoms with van der Waals surface area (Å²) in [4.78, 5) is 22.7. The normalized spacial score (nSPS) is 18.5. The molecular formula is C13H25NO4Si. The van der Waals surface area contributed by atoms with Crippen molar-refractivity contribution in [3.63, 3.8) is 0 Å². The Labute approximate surface area is 116 Å². The molecule has 0 aliphatic heterocycles. The summed E-state index contributed by atoms with van der Waals surface area (Å²) in [6.45, 7) is 10.3. The molecule has 1 aliphatic carbocycles. The molecule has 0 unspecified atom stereocenters. The number of carboxylic acid groups (broad SMARTS) is 1. The summed E-state index contributed by atoms with van der Waals surface area (Å²) < 4.78 is 5.90. The Morgan fingerprint density at radius 1 is 1.32 bits per heavy atom. The van der Waals surface area contributed by atoms with E-state index < -0.39 is 14.4 Å². The van der Waals surface area contributed by atoms with Gasteiger partial charge in [-0.3, -0.25) is 4.79 Å². The van der Waals surface area contributed by atoms with E-state index in [1.54, 1.807) is 0 Å². The zero-order valence-corrected chi connectivity index (χ0v) is 13.5. The lowest BCUT2D eigenvalue weighted by Crippen LogP contribution is -2.52. The van der Waals surface area contributed by atoms with Crippen molar-refractivity contribution in [2.24, 2.45) is 0 Å². The van der Waals surface area contributed by atoms with Crippen molar-refractivity contribution in [3.05, 3.63) is 0 Å². The lowest BCUT2D eigenvalue weighted by Gasteiger charge is -2.41. The number of carbonyl (C=O) groups excluding carboxylic acids is 1. The standard InChI is InChI=1S/C13H25NO4Si/c1-13(2,3)19(4,5)18-14(12(16)17)10-6-8-11(15)9-7-10/h10H,6-9H2,1-5H3,(H,16,17). The molecule has 0 bridgehead atoms. The van der Waals surface area contributed by atoms with Gasteiger partial charge in [0.05, 0.1) is 6.04 Å². The van der Waals surface area contributed by atoms with Crippen molar-refractivity contribution in [1.82, 2.24) is 5.06 Å². The largest absolute Gasteiger partial charge is 0.463 e. The van der Waals surface area contributed by atoms with Gasteiger partial charge >= 0.3 is 6.09 Å². The number of hydrogen-bond donors (Lipinski definition) is 1. The maximum absolute atomic E-state index is 11.4. The topological polar surface area (TPSA) is 66.8 Å². The van der Waals surface area contributed by atoms with E-state index in [1.165, 1.54) is 0 Å². The predicted molar refractivity (Wildman–Crippen MR) is 75.4 cm³/mol. The molecule has 1 saturated carbocycles. The molecule has 0 spiro atoms. The Hall–Kier alpha value is -0.883. The van der Waals surface area contributed by atoms with Gasteiger partial charge < -0.3 is 9.63 Å². The Morgan fingerprint density at radius 2 is 1.79 bits per heavy atom. The summed E-state index contributed by atoms with van der Waals surface area (Å²) in [7, 11) is -2.17. The molecule has 1 aliphatic rings. The van der Waals surface area contributed by atoms with Crippen LogP contribution < -0.4 is 0 Å². The SMILES string of the molecule is CC(C)(C)[Si](C)(C)ON(C(=O)O)C1CCC(=O)CC1. The quantitative estimate of drug-likeness (QED) is 0.638. The van der Waals surface area contributed by atoms with Crippen molar-refractivity contribution >= 4 is 20.2 Å². The highest BCUT2D eigenvalue weighted by Gasteiger charge is 2.42. The lowest BCUT2D eigenvalue weighted by atomic mass is 9.94. The van der Waals surface area contributed by atoms with Crippen molar-refractivity contribution in [1.29, 1.82) is 0 Å². The Balaban J connectivity index is 2.79. The first-order valence-corrected chi connectivity index (χ1v) is 9.68. The van der Waals surface area contributed by atoms with E-state index in [2.05, 4.69) is 20.8 Å². The van der Waals surface area contributed by atoms with Crippen molar-refractivity contribution in [2.75, 3.05) is 0 Å². The first kappa shape index (κ1) is 16.2. The highest BCUT2D eigenvalue weighted by Crippen LogP contribution is 2.38. The average Bonchev–Trinajstić information content (AvgIpc) is 2.25. The van der Waals surface area contributed by atoms with E-state index >= 15 is 0 Å². The zero-order chi connectivity index (χ0) is 14.8. The fraction of sp³-hybridized carbons (Fsp3) is 0.846. The van der Waals surface area contributed by atoms with Gasteiger partial charge in [-0.15, -0.1) is 0 Å². The van der Waals surface area contributed by atoms with E-state index in [9.17, 15) is 14.7 Å². The van der Waals surface area contributed by atoms with Gasteiger partial charge in [-0.05, 0) is 31.0 Å². The number of hydroxylamine groups is 2. The number of ketones is 1. The molecule has 19 heavy (non-hydrogen) atoms. The van der Waals surface area contributed by atoms with Gasteiger partial charge in [0, 0.05) is 12.8 Å². The third-order valence-corrected chi connectivity index (χ3v) is 8.43. The van der Waals surface area contributed by atoms with Crippen LogP contribution in [0.3, 0.4) is 0 Å². The van der Waals surface area contributed by atoms with Crippen LogP contribution in [0.15, 0.2) is 0 Å². The summed E-state index contributed by atoms with van der Waals surface area (Å²) in [6.07, 6.45) is 0.994. The molecule has 1 amide bonds. The summed E-state index contributed by atoms with van der Waals surface area (Å²) in [5.74, 6) is 0.217. The van der Waals surface area contributed by atoms with Gasteiger partial charge in [-0.1, -0.05) is 20.8 Å². The van der Waals surface area contributed by atoms with E-state index in [4.69, 9.17) is 4.53 Å².